The minimum absolute atomic E-state index is 0. The molecular formula is C5H23NO11. The molecule has 0 aliphatic rings. The first-order valence-corrected chi connectivity index (χ1v) is 2.74. The van der Waals surface area contributed by atoms with Crippen LogP contribution in [-0.4, -0.2) is 66.5 Å². The van der Waals surface area contributed by atoms with Crippen LogP contribution in [0.3, 0.4) is 0 Å². The second kappa shape index (κ2) is 29.3. The molecule has 1 atom stereocenters. The summed E-state index contributed by atoms with van der Waals surface area (Å²) >= 11 is 0. The largest absolute Gasteiger partial charge is 0.481 e. The van der Waals surface area contributed by atoms with Gasteiger partial charge in [-0.05, 0) is 6.42 Å². The summed E-state index contributed by atoms with van der Waals surface area (Å²) < 4.78 is 0. The molecule has 12 nitrogen and oxygen atoms in total. The molecule has 0 aliphatic heterocycles. The van der Waals surface area contributed by atoms with Gasteiger partial charge in [-0.1, -0.05) is 0 Å². The molecule has 0 fully saturated rings. The predicted molar refractivity (Wildman–Crippen MR) is 57.8 cm³/mol. The fourth-order valence-electron chi connectivity index (χ4n) is 0.402. The molecule has 0 aromatic rings. The first kappa shape index (κ1) is 57.5. The second-order valence-corrected chi connectivity index (χ2v) is 1.88. The van der Waals surface area contributed by atoms with Gasteiger partial charge in [-0.3, -0.25) is 9.59 Å². The minimum atomic E-state index is -1.17. The van der Waals surface area contributed by atoms with Crippen molar-refractivity contribution in [3.8, 4) is 0 Å². The van der Waals surface area contributed by atoms with Crippen molar-refractivity contribution in [2.75, 3.05) is 0 Å². The zero-order valence-corrected chi connectivity index (χ0v) is 8.78. The molecule has 0 saturated heterocycles. The average Bonchev–Trinajstić information content (AvgIpc) is 1.82. The monoisotopic (exact) mass is 273 g/mol. The number of nitrogens with two attached hydrogens (primary N) is 1. The van der Waals surface area contributed by atoms with Crippen molar-refractivity contribution in [1.29, 1.82) is 0 Å². The Bertz CT molecular complexity index is 151. The van der Waals surface area contributed by atoms with Crippen LogP contribution in [0.4, 0.5) is 0 Å². The Labute approximate surface area is 95.8 Å². The van der Waals surface area contributed by atoms with Crippen LogP contribution >= 0.6 is 0 Å². The normalized spacial score (nSPS) is 7.35. The molecule has 0 saturated carbocycles. The van der Waals surface area contributed by atoms with Gasteiger partial charge < -0.3 is 54.3 Å². The van der Waals surface area contributed by atoms with Crippen LogP contribution in [0.2, 0.25) is 0 Å². The van der Waals surface area contributed by atoms with E-state index in [4.69, 9.17) is 15.9 Å². The fraction of sp³-hybridized carbons (Fsp3) is 0.600. The van der Waals surface area contributed by atoms with E-state index in [0.29, 0.717) is 0 Å². The standard InChI is InChI=1S/C5H9NO4.7H2O/c6-3(5(9)10)1-2-4(7)8;;;;;;;/h3H,1-2,6H2,(H,7,8)(H,9,10);7*1H2/t3-;;;;;;;/m0......./s1. The van der Waals surface area contributed by atoms with Gasteiger partial charge in [-0.15, -0.1) is 0 Å². The molecular weight excluding hydrogens is 250 g/mol. The number of carboxylic acids is 2. The Kier molecular flexibility index (Phi) is 99.1. The number of hydrogen-bond donors (Lipinski definition) is 3. The Balaban J connectivity index is -0.0000000193. The Hall–Kier alpha value is -1.38. The Morgan fingerprint density at radius 1 is 0.882 bits per heavy atom. The van der Waals surface area contributed by atoms with Crippen LogP contribution in [0.15, 0.2) is 0 Å². The van der Waals surface area contributed by atoms with Gasteiger partial charge in [0.2, 0.25) is 0 Å². The van der Waals surface area contributed by atoms with Crippen molar-refractivity contribution in [1.82, 2.24) is 0 Å². The SMILES string of the molecule is N[C@@H](CCC(=O)O)C(=O)O.O.O.O.O.O.O.O. The van der Waals surface area contributed by atoms with E-state index in [2.05, 4.69) is 0 Å². The molecule has 0 unspecified atom stereocenters. The van der Waals surface area contributed by atoms with Crippen molar-refractivity contribution >= 4 is 11.9 Å². The lowest BCUT2D eigenvalue weighted by Crippen LogP contribution is -2.30. The highest BCUT2D eigenvalue weighted by Crippen LogP contribution is 1.93. The average molecular weight is 273 g/mol. The molecule has 0 spiro atoms. The summed E-state index contributed by atoms with van der Waals surface area (Å²) in [5, 5.41) is 16.3. The van der Waals surface area contributed by atoms with Crippen molar-refractivity contribution in [2.45, 2.75) is 18.9 Å². The van der Waals surface area contributed by atoms with Gasteiger partial charge in [0.25, 0.3) is 0 Å². The molecule has 0 aromatic carbocycles. The van der Waals surface area contributed by atoms with E-state index < -0.39 is 18.0 Å². The summed E-state index contributed by atoms with van der Waals surface area (Å²) in [5.41, 5.74) is 5.00. The third-order valence-corrected chi connectivity index (χ3v) is 0.986. The van der Waals surface area contributed by atoms with Crippen LogP contribution < -0.4 is 5.73 Å². The van der Waals surface area contributed by atoms with Crippen molar-refractivity contribution in [2.24, 2.45) is 5.73 Å². The highest BCUT2D eigenvalue weighted by molar-refractivity contribution is 5.74. The first-order chi connectivity index (χ1) is 4.54. The predicted octanol–water partition coefficient (Wildman–Crippen LogP) is -6.51. The topological polar surface area (TPSA) is 321 Å². The summed E-state index contributed by atoms with van der Waals surface area (Å²) in [6, 6.07) is -1.06. The zero-order valence-electron chi connectivity index (χ0n) is 8.78. The van der Waals surface area contributed by atoms with E-state index in [1.807, 2.05) is 0 Å². The number of aliphatic carboxylic acids is 2. The molecule has 114 valence electrons. The molecule has 0 aromatic heterocycles. The fourth-order valence-corrected chi connectivity index (χ4v) is 0.402. The number of rotatable bonds is 4. The number of carboxylic acid groups (broad SMARTS) is 2. The highest BCUT2D eigenvalue weighted by atomic mass is 16.4. The van der Waals surface area contributed by atoms with Crippen molar-refractivity contribution in [3.63, 3.8) is 0 Å². The third-order valence-electron chi connectivity index (χ3n) is 0.986. The molecule has 0 rings (SSSR count). The summed E-state index contributed by atoms with van der Waals surface area (Å²) in [6.07, 6.45) is -0.224. The second-order valence-electron chi connectivity index (χ2n) is 1.88. The minimum Gasteiger partial charge on any atom is -0.481 e. The maximum absolute atomic E-state index is 9.99. The van der Waals surface area contributed by atoms with Gasteiger partial charge in [-0.25, -0.2) is 0 Å². The number of hydrogen-bond acceptors (Lipinski definition) is 3. The maximum Gasteiger partial charge on any atom is 0.320 e. The van der Waals surface area contributed by atoms with Crippen LogP contribution in [0.1, 0.15) is 12.8 Å². The third kappa shape index (κ3) is 40.1. The molecule has 0 amide bonds. The van der Waals surface area contributed by atoms with E-state index >= 15 is 0 Å². The molecule has 0 heterocycles. The molecule has 0 bridgehead atoms. The van der Waals surface area contributed by atoms with E-state index in [0.717, 1.165) is 0 Å². The van der Waals surface area contributed by atoms with E-state index in [1.54, 1.807) is 0 Å². The number of carbonyl (C=O) groups is 2. The van der Waals surface area contributed by atoms with Crippen molar-refractivity contribution < 1.29 is 58.1 Å². The summed E-state index contributed by atoms with van der Waals surface area (Å²) in [5.74, 6) is -2.20. The van der Waals surface area contributed by atoms with Gasteiger partial charge >= 0.3 is 11.9 Å². The van der Waals surface area contributed by atoms with Gasteiger partial charge in [-0.2, -0.15) is 0 Å². The van der Waals surface area contributed by atoms with Gasteiger partial charge in [0.1, 0.15) is 6.04 Å². The Morgan fingerprint density at radius 3 is 1.35 bits per heavy atom. The summed E-state index contributed by atoms with van der Waals surface area (Å²) in [6.45, 7) is 0. The molecule has 0 radical (unpaired) electrons. The maximum atomic E-state index is 9.99. The lowest BCUT2D eigenvalue weighted by molar-refractivity contribution is -0.139. The molecule has 0 aliphatic carbocycles. The van der Waals surface area contributed by atoms with E-state index in [9.17, 15) is 9.59 Å². The van der Waals surface area contributed by atoms with Crippen LogP contribution in [-0.2, 0) is 9.59 Å². The van der Waals surface area contributed by atoms with E-state index in [-0.39, 0.29) is 51.2 Å². The quantitative estimate of drug-likeness (QED) is 0.447. The zero-order chi connectivity index (χ0) is 8.15. The molecule has 18 N–H and O–H groups in total. The van der Waals surface area contributed by atoms with Gasteiger partial charge in [0.15, 0.2) is 0 Å². The van der Waals surface area contributed by atoms with Crippen LogP contribution in [0.25, 0.3) is 0 Å². The lowest BCUT2D eigenvalue weighted by atomic mass is 10.2. The molecule has 12 heteroatoms. The first-order valence-electron chi connectivity index (χ1n) is 2.74. The van der Waals surface area contributed by atoms with Crippen molar-refractivity contribution in [3.05, 3.63) is 0 Å². The lowest BCUT2D eigenvalue weighted by Gasteiger charge is -2.01. The summed E-state index contributed by atoms with van der Waals surface area (Å²) in [7, 11) is 0. The Morgan fingerprint density at radius 2 is 1.18 bits per heavy atom. The van der Waals surface area contributed by atoms with E-state index in [1.165, 1.54) is 0 Å². The van der Waals surface area contributed by atoms with Gasteiger partial charge in [0, 0.05) is 6.42 Å². The van der Waals surface area contributed by atoms with Gasteiger partial charge in [0.05, 0.1) is 0 Å². The van der Waals surface area contributed by atoms with Crippen LogP contribution in [0.5, 0.6) is 0 Å². The smallest absolute Gasteiger partial charge is 0.320 e. The van der Waals surface area contributed by atoms with Crippen LogP contribution in [0, 0.1) is 0 Å². The summed E-state index contributed by atoms with van der Waals surface area (Å²) in [4.78, 5) is 19.9. The highest BCUT2D eigenvalue weighted by Gasteiger charge is 2.12. The molecule has 17 heavy (non-hydrogen) atoms.